The molecule has 18 heavy (non-hydrogen) atoms. The molecule has 0 aromatic carbocycles. The third kappa shape index (κ3) is 2.73. The number of aliphatic hydroxyl groups is 1. The van der Waals surface area contributed by atoms with E-state index in [1.165, 1.54) is 51.5 Å². The van der Waals surface area contributed by atoms with E-state index < -0.39 is 0 Å². The normalized spacial score (nSPS) is 42.5. The molecule has 0 aromatic rings. The summed E-state index contributed by atoms with van der Waals surface area (Å²) in [6.07, 6.45) is 10.3. The van der Waals surface area contributed by atoms with E-state index in [2.05, 4.69) is 4.90 Å². The highest BCUT2D eigenvalue weighted by Crippen LogP contribution is 2.36. The molecule has 0 amide bonds. The van der Waals surface area contributed by atoms with Crippen molar-refractivity contribution < 1.29 is 9.84 Å². The fourth-order valence-corrected chi connectivity index (χ4v) is 4.19. The van der Waals surface area contributed by atoms with Gasteiger partial charge in [-0.3, -0.25) is 4.90 Å². The van der Waals surface area contributed by atoms with Crippen molar-refractivity contribution in [3.8, 4) is 0 Å². The van der Waals surface area contributed by atoms with Crippen LogP contribution in [-0.2, 0) is 4.74 Å². The maximum atomic E-state index is 10.1. The summed E-state index contributed by atoms with van der Waals surface area (Å²) < 4.78 is 5.87. The van der Waals surface area contributed by atoms with E-state index in [0.717, 1.165) is 19.6 Å². The Labute approximate surface area is 110 Å². The maximum Gasteiger partial charge on any atom is 0.0702 e. The van der Waals surface area contributed by atoms with Crippen molar-refractivity contribution in [3.63, 3.8) is 0 Å². The number of aliphatic hydroxyl groups excluding tert-OH is 1. The monoisotopic (exact) mass is 253 g/mol. The van der Waals surface area contributed by atoms with Gasteiger partial charge < -0.3 is 9.84 Å². The van der Waals surface area contributed by atoms with Gasteiger partial charge in [0, 0.05) is 25.1 Å². The Morgan fingerprint density at radius 1 is 1.00 bits per heavy atom. The van der Waals surface area contributed by atoms with E-state index in [1.54, 1.807) is 0 Å². The maximum absolute atomic E-state index is 10.1. The Hall–Kier alpha value is -0.120. The van der Waals surface area contributed by atoms with Crippen LogP contribution in [0.15, 0.2) is 0 Å². The molecule has 0 aromatic heterocycles. The molecule has 2 saturated heterocycles. The number of rotatable bonds is 3. The van der Waals surface area contributed by atoms with Gasteiger partial charge >= 0.3 is 0 Å². The molecule has 1 N–H and O–H groups in total. The summed E-state index contributed by atoms with van der Waals surface area (Å²) in [5, 5.41) is 10.1. The van der Waals surface area contributed by atoms with Crippen molar-refractivity contribution in [1.82, 2.24) is 4.90 Å². The third-order valence-corrected chi connectivity index (χ3v) is 5.15. The first kappa shape index (κ1) is 12.9. The first-order chi connectivity index (χ1) is 8.84. The molecule has 3 nitrogen and oxygen atoms in total. The standard InChI is InChI=1S/C15H27NO2/c17-15-8-3-6-13(15)14-7-4-9-16(14)11-12-5-1-2-10-18-12/h12-15,17H,1-11H2. The zero-order chi connectivity index (χ0) is 12.4. The van der Waals surface area contributed by atoms with Crippen molar-refractivity contribution in [2.45, 2.75) is 69.6 Å². The van der Waals surface area contributed by atoms with Crippen LogP contribution in [0.5, 0.6) is 0 Å². The van der Waals surface area contributed by atoms with E-state index in [4.69, 9.17) is 4.74 Å². The van der Waals surface area contributed by atoms with E-state index >= 15 is 0 Å². The van der Waals surface area contributed by atoms with E-state index in [0.29, 0.717) is 18.1 Å². The quantitative estimate of drug-likeness (QED) is 0.837. The van der Waals surface area contributed by atoms with Crippen molar-refractivity contribution in [3.05, 3.63) is 0 Å². The molecule has 3 fully saturated rings. The molecule has 1 saturated carbocycles. The molecule has 0 radical (unpaired) electrons. The van der Waals surface area contributed by atoms with E-state index in [1.807, 2.05) is 0 Å². The van der Waals surface area contributed by atoms with Crippen molar-refractivity contribution in [2.75, 3.05) is 19.7 Å². The summed E-state index contributed by atoms with van der Waals surface area (Å²) in [6.45, 7) is 3.27. The summed E-state index contributed by atoms with van der Waals surface area (Å²) in [6, 6.07) is 0.632. The fourth-order valence-electron chi connectivity index (χ4n) is 4.19. The highest BCUT2D eigenvalue weighted by atomic mass is 16.5. The Kier molecular flexibility index (Phi) is 4.22. The molecular formula is C15H27NO2. The lowest BCUT2D eigenvalue weighted by atomic mass is 9.93. The molecule has 2 heterocycles. The number of hydrogen-bond acceptors (Lipinski definition) is 3. The molecule has 4 unspecified atom stereocenters. The van der Waals surface area contributed by atoms with Crippen molar-refractivity contribution in [1.29, 1.82) is 0 Å². The molecule has 3 rings (SSSR count). The summed E-state index contributed by atoms with van der Waals surface area (Å²) in [7, 11) is 0. The summed E-state index contributed by atoms with van der Waals surface area (Å²) in [5.41, 5.74) is 0. The average Bonchev–Trinajstić information content (AvgIpc) is 2.99. The molecule has 4 atom stereocenters. The van der Waals surface area contributed by atoms with Crippen molar-refractivity contribution >= 4 is 0 Å². The van der Waals surface area contributed by atoms with Crippen LogP contribution >= 0.6 is 0 Å². The van der Waals surface area contributed by atoms with Crippen LogP contribution in [-0.4, -0.2) is 48.0 Å². The SMILES string of the molecule is OC1CCCC1C1CCCN1CC1CCCCO1. The number of nitrogens with zero attached hydrogens (tertiary/aromatic N) is 1. The Bertz CT molecular complexity index is 265. The predicted octanol–water partition coefficient (Wildman–Crippen LogP) is 2.18. The molecule has 3 aliphatic rings. The molecule has 1 aliphatic carbocycles. The lowest BCUT2D eigenvalue weighted by molar-refractivity contribution is -0.0181. The van der Waals surface area contributed by atoms with Gasteiger partial charge in [-0.25, -0.2) is 0 Å². The van der Waals surface area contributed by atoms with Crippen LogP contribution in [0, 0.1) is 5.92 Å². The van der Waals surface area contributed by atoms with Crippen LogP contribution in [0.1, 0.15) is 51.4 Å². The van der Waals surface area contributed by atoms with Gasteiger partial charge in [-0.2, -0.15) is 0 Å². The van der Waals surface area contributed by atoms with Crippen LogP contribution in [0.25, 0.3) is 0 Å². The fraction of sp³-hybridized carbons (Fsp3) is 1.00. The van der Waals surface area contributed by atoms with Crippen molar-refractivity contribution in [2.24, 2.45) is 5.92 Å². The van der Waals surface area contributed by atoms with Gasteiger partial charge in [0.2, 0.25) is 0 Å². The first-order valence-corrected chi connectivity index (χ1v) is 7.88. The zero-order valence-corrected chi connectivity index (χ0v) is 11.4. The minimum absolute atomic E-state index is 0.0390. The first-order valence-electron chi connectivity index (χ1n) is 7.88. The molecule has 2 aliphatic heterocycles. The molecule has 3 heteroatoms. The largest absolute Gasteiger partial charge is 0.393 e. The second-order valence-corrected chi connectivity index (χ2v) is 6.36. The summed E-state index contributed by atoms with van der Waals surface area (Å²) in [4.78, 5) is 2.62. The highest BCUT2D eigenvalue weighted by molar-refractivity contribution is 4.92. The minimum atomic E-state index is -0.0390. The summed E-state index contributed by atoms with van der Waals surface area (Å²) in [5.74, 6) is 0.538. The molecule has 0 spiro atoms. The predicted molar refractivity (Wildman–Crippen MR) is 71.5 cm³/mol. The second-order valence-electron chi connectivity index (χ2n) is 6.36. The Morgan fingerprint density at radius 2 is 1.94 bits per heavy atom. The summed E-state index contributed by atoms with van der Waals surface area (Å²) >= 11 is 0. The lowest BCUT2D eigenvalue weighted by Crippen LogP contribution is -2.43. The topological polar surface area (TPSA) is 32.7 Å². The van der Waals surface area contributed by atoms with E-state index in [-0.39, 0.29) is 6.10 Å². The molecular weight excluding hydrogens is 226 g/mol. The van der Waals surface area contributed by atoms with Gasteiger partial charge in [0.25, 0.3) is 0 Å². The Morgan fingerprint density at radius 3 is 2.67 bits per heavy atom. The second kappa shape index (κ2) is 5.89. The van der Waals surface area contributed by atoms with Gasteiger partial charge in [-0.1, -0.05) is 6.42 Å². The van der Waals surface area contributed by atoms with Gasteiger partial charge in [-0.15, -0.1) is 0 Å². The van der Waals surface area contributed by atoms with E-state index in [9.17, 15) is 5.11 Å². The smallest absolute Gasteiger partial charge is 0.0702 e. The van der Waals surface area contributed by atoms with Gasteiger partial charge in [0.05, 0.1) is 12.2 Å². The highest BCUT2D eigenvalue weighted by Gasteiger charge is 2.38. The number of ether oxygens (including phenoxy) is 1. The number of hydrogen-bond donors (Lipinski definition) is 1. The van der Waals surface area contributed by atoms with Gasteiger partial charge in [-0.05, 0) is 51.5 Å². The molecule has 104 valence electrons. The van der Waals surface area contributed by atoms with Crippen LogP contribution in [0.2, 0.25) is 0 Å². The number of likely N-dealkylation sites (tertiary alicyclic amines) is 1. The molecule has 0 bridgehead atoms. The minimum Gasteiger partial charge on any atom is -0.393 e. The lowest BCUT2D eigenvalue weighted by Gasteiger charge is -2.34. The average molecular weight is 253 g/mol. The van der Waals surface area contributed by atoms with Crippen LogP contribution < -0.4 is 0 Å². The van der Waals surface area contributed by atoms with Gasteiger partial charge in [0.15, 0.2) is 0 Å². The zero-order valence-electron chi connectivity index (χ0n) is 11.4. The van der Waals surface area contributed by atoms with Crippen LogP contribution in [0.3, 0.4) is 0 Å². The van der Waals surface area contributed by atoms with Gasteiger partial charge in [0.1, 0.15) is 0 Å². The Balaban J connectivity index is 1.56. The third-order valence-electron chi connectivity index (χ3n) is 5.15. The van der Waals surface area contributed by atoms with Crippen LogP contribution in [0.4, 0.5) is 0 Å².